The molecule has 0 spiro atoms. The summed E-state index contributed by atoms with van der Waals surface area (Å²) in [5, 5.41) is 17.1. The van der Waals surface area contributed by atoms with Crippen LogP contribution in [0.5, 0.6) is 0 Å². The number of carbonyl (C=O) groups is 1. The normalized spacial score (nSPS) is 10.9. The molecule has 0 aliphatic rings. The highest BCUT2D eigenvalue weighted by Gasteiger charge is 2.17. The van der Waals surface area contributed by atoms with Gasteiger partial charge in [0.2, 0.25) is 5.82 Å². The summed E-state index contributed by atoms with van der Waals surface area (Å²) in [4.78, 5) is 27.2. The van der Waals surface area contributed by atoms with Crippen molar-refractivity contribution in [3.63, 3.8) is 0 Å². The summed E-state index contributed by atoms with van der Waals surface area (Å²) in [6.07, 6.45) is -0.493. The Balaban J connectivity index is 1.73. The number of alkyl carbamates (subject to hydrolysis) is 1. The van der Waals surface area contributed by atoms with Crippen molar-refractivity contribution >= 4 is 23.3 Å². The Morgan fingerprint density at radius 1 is 1.03 bits per heavy atom. The summed E-state index contributed by atoms with van der Waals surface area (Å²) in [5.41, 5.74) is 2.32. The number of hydrogen-bond donors (Lipinski definition) is 2. The first-order valence-corrected chi connectivity index (χ1v) is 9.75. The van der Waals surface area contributed by atoms with E-state index in [1.807, 2.05) is 42.5 Å². The lowest BCUT2D eigenvalue weighted by molar-refractivity contribution is -0.384. The van der Waals surface area contributed by atoms with Crippen molar-refractivity contribution in [1.82, 2.24) is 10.3 Å². The molecule has 1 amide bonds. The van der Waals surface area contributed by atoms with Crippen molar-refractivity contribution in [2.45, 2.75) is 32.9 Å². The van der Waals surface area contributed by atoms with Gasteiger partial charge in [-0.2, -0.15) is 0 Å². The van der Waals surface area contributed by atoms with Crippen LogP contribution in [-0.4, -0.2) is 21.6 Å². The zero-order valence-electron chi connectivity index (χ0n) is 17.6. The van der Waals surface area contributed by atoms with Crippen molar-refractivity contribution in [2.24, 2.45) is 0 Å². The van der Waals surface area contributed by atoms with E-state index in [1.165, 1.54) is 6.07 Å². The highest BCUT2D eigenvalue weighted by molar-refractivity contribution is 5.71. The minimum atomic E-state index is -0.562. The van der Waals surface area contributed by atoms with Gasteiger partial charge in [0.15, 0.2) is 0 Å². The molecule has 31 heavy (non-hydrogen) atoms. The van der Waals surface area contributed by atoms with Gasteiger partial charge in [0.05, 0.1) is 10.6 Å². The molecule has 160 valence electrons. The second kappa shape index (κ2) is 9.25. The second-order valence-corrected chi connectivity index (χ2v) is 7.86. The van der Waals surface area contributed by atoms with Gasteiger partial charge in [-0.25, -0.2) is 9.78 Å². The molecule has 3 rings (SSSR count). The van der Waals surface area contributed by atoms with Gasteiger partial charge in [0.25, 0.3) is 0 Å². The van der Waals surface area contributed by atoms with Crippen LogP contribution in [0.2, 0.25) is 0 Å². The predicted molar refractivity (Wildman–Crippen MR) is 119 cm³/mol. The molecular formula is C23H24N4O4. The van der Waals surface area contributed by atoms with Crippen molar-refractivity contribution in [1.29, 1.82) is 0 Å². The van der Waals surface area contributed by atoms with Crippen LogP contribution in [0.3, 0.4) is 0 Å². The van der Waals surface area contributed by atoms with Gasteiger partial charge in [-0.3, -0.25) is 10.1 Å². The molecule has 0 radical (unpaired) electrons. The van der Waals surface area contributed by atoms with Gasteiger partial charge in [0.1, 0.15) is 5.60 Å². The van der Waals surface area contributed by atoms with Gasteiger partial charge in [0, 0.05) is 23.9 Å². The molecule has 0 saturated carbocycles. The fraction of sp³-hybridized carbons (Fsp3) is 0.217. The maximum Gasteiger partial charge on any atom is 0.407 e. The van der Waals surface area contributed by atoms with Gasteiger partial charge in [-0.15, -0.1) is 0 Å². The summed E-state index contributed by atoms with van der Waals surface area (Å²) >= 11 is 0. The van der Waals surface area contributed by atoms with Gasteiger partial charge >= 0.3 is 11.8 Å². The zero-order valence-corrected chi connectivity index (χ0v) is 17.6. The van der Waals surface area contributed by atoms with Crippen LogP contribution in [0.4, 0.5) is 22.0 Å². The molecule has 1 heterocycles. The SMILES string of the molecule is CC(C)(C)OC(=O)NCc1ccc(Nc2nc(-c3ccccc3)ccc2[N+](=O)[O-])cc1. The first-order valence-electron chi connectivity index (χ1n) is 9.75. The minimum absolute atomic E-state index is 0.115. The van der Waals surface area contributed by atoms with E-state index in [4.69, 9.17) is 4.74 Å². The Kier molecular flexibility index (Phi) is 6.49. The fourth-order valence-electron chi connectivity index (χ4n) is 2.79. The average Bonchev–Trinajstić information content (AvgIpc) is 2.72. The van der Waals surface area contributed by atoms with E-state index in [2.05, 4.69) is 15.6 Å². The van der Waals surface area contributed by atoms with Crippen LogP contribution in [0.15, 0.2) is 66.7 Å². The maximum atomic E-state index is 11.8. The summed E-state index contributed by atoms with van der Waals surface area (Å²) in [5.74, 6) is 0.158. The number of carbonyl (C=O) groups excluding carboxylic acids is 1. The summed E-state index contributed by atoms with van der Waals surface area (Å²) in [6, 6.07) is 19.7. The predicted octanol–water partition coefficient (Wildman–Crippen LogP) is 5.43. The summed E-state index contributed by atoms with van der Waals surface area (Å²) in [6.45, 7) is 5.70. The molecule has 3 aromatic rings. The molecule has 1 aromatic heterocycles. The molecule has 0 saturated heterocycles. The lowest BCUT2D eigenvalue weighted by Crippen LogP contribution is -2.32. The number of anilines is 2. The van der Waals surface area contributed by atoms with Crippen LogP contribution in [0.25, 0.3) is 11.3 Å². The first kappa shape index (κ1) is 21.8. The topological polar surface area (TPSA) is 106 Å². The number of nitrogens with zero attached hydrogens (tertiary/aromatic N) is 2. The van der Waals surface area contributed by atoms with E-state index >= 15 is 0 Å². The molecule has 8 heteroatoms. The van der Waals surface area contributed by atoms with Crippen molar-refractivity contribution in [3.8, 4) is 11.3 Å². The van der Waals surface area contributed by atoms with Crippen LogP contribution >= 0.6 is 0 Å². The lowest BCUT2D eigenvalue weighted by atomic mass is 10.1. The molecule has 0 atom stereocenters. The molecule has 2 aromatic carbocycles. The second-order valence-electron chi connectivity index (χ2n) is 7.86. The zero-order chi connectivity index (χ0) is 22.4. The Morgan fingerprint density at radius 2 is 1.71 bits per heavy atom. The third kappa shape index (κ3) is 6.27. The molecular weight excluding hydrogens is 396 g/mol. The molecule has 0 bridgehead atoms. The number of nitro groups is 1. The van der Waals surface area contributed by atoms with Crippen LogP contribution in [0.1, 0.15) is 26.3 Å². The Bertz CT molecular complexity index is 1060. The molecule has 0 aliphatic carbocycles. The average molecular weight is 420 g/mol. The molecule has 0 aliphatic heterocycles. The Morgan fingerprint density at radius 3 is 2.32 bits per heavy atom. The van der Waals surface area contributed by atoms with Crippen LogP contribution in [-0.2, 0) is 11.3 Å². The molecule has 0 unspecified atom stereocenters. The number of benzene rings is 2. The van der Waals surface area contributed by atoms with Gasteiger partial charge in [-0.1, -0.05) is 42.5 Å². The van der Waals surface area contributed by atoms with Crippen molar-refractivity contribution < 1.29 is 14.5 Å². The number of amides is 1. The molecule has 8 nitrogen and oxygen atoms in total. The van der Waals surface area contributed by atoms with Crippen molar-refractivity contribution in [3.05, 3.63) is 82.4 Å². The van der Waals surface area contributed by atoms with Gasteiger partial charge in [-0.05, 0) is 44.5 Å². The summed E-state index contributed by atoms with van der Waals surface area (Å²) < 4.78 is 5.21. The van der Waals surface area contributed by atoms with Crippen molar-refractivity contribution in [2.75, 3.05) is 5.32 Å². The standard InChI is InChI=1S/C23H24N4O4/c1-23(2,3)31-22(28)24-15-16-9-11-18(12-10-16)25-21-20(27(29)30)14-13-19(26-21)17-7-5-4-6-8-17/h4-14H,15H2,1-3H3,(H,24,28)(H,25,26). The number of ether oxygens (including phenoxy) is 1. The maximum absolute atomic E-state index is 11.8. The number of hydrogen-bond acceptors (Lipinski definition) is 6. The lowest BCUT2D eigenvalue weighted by Gasteiger charge is -2.19. The third-order valence-electron chi connectivity index (χ3n) is 4.19. The quantitative estimate of drug-likeness (QED) is 0.407. The largest absolute Gasteiger partial charge is 0.444 e. The molecule has 2 N–H and O–H groups in total. The Labute approximate surface area is 180 Å². The van der Waals surface area contributed by atoms with E-state index in [0.717, 1.165) is 11.1 Å². The van der Waals surface area contributed by atoms with E-state index in [9.17, 15) is 14.9 Å². The van der Waals surface area contributed by atoms with Gasteiger partial charge < -0.3 is 15.4 Å². The summed E-state index contributed by atoms with van der Waals surface area (Å²) in [7, 11) is 0. The minimum Gasteiger partial charge on any atom is -0.444 e. The van der Waals surface area contributed by atoms with E-state index in [0.29, 0.717) is 17.9 Å². The number of pyridine rings is 1. The third-order valence-corrected chi connectivity index (χ3v) is 4.19. The van der Waals surface area contributed by atoms with Crippen LogP contribution in [0, 0.1) is 10.1 Å². The Hall–Kier alpha value is -3.94. The molecule has 0 fully saturated rings. The highest BCUT2D eigenvalue weighted by atomic mass is 16.6. The van der Waals surface area contributed by atoms with E-state index in [-0.39, 0.29) is 11.5 Å². The first-order chi connectivity index (χ1) is 14.7. The van der Waals surface area contributed by atoms with E-state index in [1.54, 1.807) is 39.0 Å². The number of aromatic nitrogens is 1. The highest BCUT2D eigenvalue weighted by Crippen LogP contribution is 2.29. The number of rotatable bonds is 6. The smallest absolute Gasteiger partial charge is 0.407 e. The van der Waals surface area contributed by atoms with Crippen LogP contribution < -0.4 is 10.6 Å². The monoisotopic (exact) mass is 420 g/mol. The van der Waals surface area contributed by atoms with E-state index < -0.39 is 16.6 Å². The fourth-order valence-corrected chi connectivity index (χ4v) is 2.79. The number of nitrogens with one attached hydrogen (secondary N) is 2.